The van der Waals surface area contributed by atoms with Gasteiger partial charge in [0.15, 0.2) is 5.78 Å². The molecule has 1 unspecified atom stereocenters. The summed E-state index contributed by atoms with van der Waals surface area (Å²) in [7, 11) is 3.12. The van der Waals surface area contributed by atoms with E-state index in [1.54, 1.807) is 44.4 Å². The quantitative estimate of drug-likeness (QED) is 0.510. The molecule has 0 radical (unpaired) electrons. The fraction of sp³-hybridized carbons (Fsp3) is 0.240. The van der Waals surface area contributed by atoms with Crippen molar-refractivity contribution in [1.29, 1.82) is 0 Å². The molecule has 0 aliphatic rings. The summed E-state index contributed by atoms with van der Waals surface area (Å²) in [5, 5.41) is 9.35. The van der Waals surface area contributed by atoms with Gasteiger partial charge in [0.1, 0.15) is 5.82 Å². The van der Waals surface area contributed by atoms with Crippen molar-refractivity contribution >= 4 is 23.3 Å². The van der Waals surface area contributed by atoms with E-state index in [0.717, 1.165) is 0 Å². The summed E-state index contributed by atoms with van der Waals surface area (Å²) in [6, 6.07) is 13.7. The van der Waals surface area contributed by atoms with Gasteiger partial charge in [-0.15, -0.1) is 0 Å². The highest BCUT2D eigenvalue weighted by molar-refractivity contribution is 6.30. The number of benzene rings is 2. The Labute approximate surface area is 195 Å². The maximum Gasteiger partial charge on any atom is 0.253 e. The lowest BCUT2D eigenvalue weighted by Crippen LogP contribution is -2.29. The van der Waals surface area contributed by atoms with Crippen LogP contribution in [0.15, 0.2) is 65.6 Å². The van der Waals surface area contributed by atoms with Crippen LogP contribution < -0.4 is 5.56 Å². The summed E-state index contributed by atoms with van der Waals surface area (Å²) < 4.78 is 16.2. The molecule has 0 aliphatic carbocycles. The molecule has 2 aromatic carbocycles. The van der Waals surface area contributed by atoms with E-state index >= 15 is 0 Å². The molecule has 172 valence electrons. The third-order valence-corrected chi connectivity index (χ3v) is 5.69. The number of halogens is 2. The lowest BCUT2D eigenvalue weighted by Gasteiger charge is -2.21. The molecule has 0 saturated heterocycles. The highest BCUT2D eigenvalue weighted by Crippen LogP contribution is 2.33. The minimum absolute atomic E-state index is 0.0825. The first-order chi connectivity index (χ1) is 15.7. The summed E-state index contributed by atoms with van der Waals surface area (Å²) >= 11 is 5.92. The number of aliphatic hydroxyl groups excluding tert-OH is 1. The lowest BCUT2D eigenvalue weighted by atomic mass is 9.85. The van der Waals surface area contributed by atoms with Crippen molar-refractivity contribution < 1.29 is 19.1 Å². The number of hydrogen-bond acceptors (Lipinski definition) is 4. The molecule has 0 saturated carbocycles. The summed E-state index contributed by atoms with van der Waals surface area (Å²) in [6.45, 7) is -0.00185. The van der Waals surface area contributed by atoms with Crippen LogP contribution in [0, 0.1) is 5.82 Å². The van der Waals surface area contributed by atoms with Crippen molar-refractivity contribution in [2.75, 3.05) is 20.2 Å². The molecule has 1 N–H and O–H groups in total. The van der Waals surface area contributed by atoms with Gasteiger partial charge >= 0.3 is 0 Å². The Morgan fingerprint density at radius 2 is 1.88 bits per heavy atom. The number of Topliss-reactive ketones (excluding diaryl/α,β-unsaturated/α-hetero) is 1. The standard InChI is InChI=1S/C25H24ClFN2O4/c1-28(10-11-30)25(33)17-5-3-4-16(12-17)21(20-8-7-19(26)13-22(20)27)14-23(31)18-6-9-24(32)29(2)15-18/h3-9,12-13,15,21,30H,10-11,14H2,1-2H3. The molecule has 6 nitrogen and oxygen atoms in total. The molecule has 0 bridgehead atoms. The third-order valence-electron chi connectivity index (χ3n) is 5.45. The van der Waals surface area contributed by atoms with E-state index in [1.165, 1.54) is 39.9 Å². The fourth-order valence-electron chi connectivity index (χ4n) is 3.61. The normalized spacial score (nSPS) is 11.8. The molecular weight excluding hydrogens is 447 g/mol. The molecule has 0 aliphatic heterocycles. The molecule has 3 rings (SSSR count). The number of amides is 1. The zero-order chi connectivity index (χ0) is 24.1. The van der Waals surface area contributed by atoms with Crippen molar-refractivity contribution in [3.63, 3.8) is 0 Å². The van der Waals surface area contributed by atoms with Crippen LogP contribution in [0.2, 0.25) is 5.02 Å². The number of aromatic nitrogens is 1. The van der Waals surface area contributed by atoms with Gasteiger partial charge in [-0.25, -0.2) is 4.39 Å². The second-order valence-corrected chi connectivity index (χ2v) is 8.22. The van der Waals surface area contributed by atoms with Gasteiger partial charge in [-0.05, 0) is 41.5 Å². The van der Waals surface area contributed by atoms with Crippen molar-refractivity contribution in [2.45, 2.75) is 12.3 Å². The van der Waals surface area contributed by atoms with Crippen LogP contribution >= 0.6 is 11.6 Å². The van der Waals surface area contributed by atoms with Crippen LogP contribution in [0.1, 0.15) is 44.2 Å². The molecular formula is C25H24ClFN2O4. The first-order valence-electron chi connectivity index (χ1n) is 10.3. The topological polar surface area (TPSA) is 79.6 Å². The number of pyridine rings is 1. The van der Waals surface area contributed by atoms with Crippen LogP contribution in [0.5, 0.6) is 0 Å². The van der Waals surface area contributed by atoms with Gasteiger partial charge in [-0.3, -0.25) is 14.4 Å². The van der Waals surface area contributed by atoms with Gasteiger partial charge in [0.05, 0.1) is 6.61 Å². The van der Waals surface area contributed by atoms with E-state index in [4.69, 9.17) is 16.7 Å². The van der Waals surface area contributed by atoms with E-state index in [-0.39, 0.29) is 47.4 Å². The summed E-state index contributed by atoms with van der Waals surface area (Å²) in [5.41, 5.74) is 1.29. The van der Waals surface area contributed by atoms with E-state index in [9.17, 15) is 18.8 Å². The Bertz CT molecular complexity index is 1240. The van der Waals surface area contributed by atoms with Gasteiger partial charge in [0.25, 0.3) is 5.91 Å². The van der Waals surface area contributed by atoms with Crippen LogP contribution in [-0.4, -0.2) is 46.5 Å². The molecule has 1 aromatic heterocycles. The second-order valence-electron chi connectivity index (χ2n) is 7.79. The molecule has 33 heavy (non-hydrogen) atoms. The zero-order valence-corrected chi connectivity index (χ0v) is 19.1. The largest absolute Gasteiger partial charge is 0.395 e. The Morgan fingerprint density at radius 3 is 2.55 bits per heavy atom. The number of carbonyl (C=O) groups excluding carboxylic acids is 2. The molecule has 0 fully saturated rings. The molecule has 1 amide bonds. The molecule has 1 atom stereocenters. The smallest absolute Gasteiger partial charge is 0.253 e. The van der Waals surface area contributed by atoms with Crippen molar-refractivity contribution in [3.8, 4) is 0 Å². The number of likely N-dealkylation sites (N-methyl/N-ethyl adjacent to an activating group) is 1. The SMILES string of the molecule is CN(CCO)C(=O)c1cccc(C(CC(=O)c2ccc(=O)n(C)c2)c2ccc(Cl)cc2F)c1. The highest BCUT2D eigenvalue weighted by atomic mass is 35.5. The van der Waals surface area contributed by atoms with E-state index in [2.05, 4.69) is 0 Å². The number of hydrogen-bond donors (Lipinski definition) is 1. The van der Waals surface area contributed by atoms with Crippen molar-refractivity contribution in [2.24, 2.45) is 7.05 Å². The second kappa shape index (κ2) is 10.6. The first-order valence-corrected chi connectivity index (χ1v) is 10.7. The lowest BCUT2D eigenvalue weighted by molar-refractivity contribution is 0.0766. The highest BCUT2D eigenvalue weighted by Gasteiger charge is 2.24. The first kappa shape index (κ1) is 24.4. The maximum atomic E-state index is 14.9. The average Bonchev–Trinajstić information content (AvgIpc) is 2.79. The number of aryl methyl sites for hydroxylation is 1. The monoisotopic (exact) mass is 470 g/mol. The van der Waals surface area contributed by atoms with Gasteiger partial charge in [-0.2, -0.15) is 0 Å². The van der Waals surface area contributed by atoms with Gasteiger partial charge in [0.2, 0.25) is 5.56 Å². The van der Waals surface area contributed by atoms with E-state index < -0.39 is 11.7 Å². The minimum Gasteiger partial charge on any atom is -0.395 e. The Morgan fingerprint density at radius 1 is 1.12 bits per heavy atom. The van der Waals surface area contributed by atoms with Crippen molar-refractivity contribution in [3.05, 3.63) is 104 Å². The zero-order valence-electron chi connectivity index (χ0n) is 18.3. The summed E-state index contributed by atoms with van der Waals surface area (Å²) in [5.74, 6) is -1.83. The van der Waals surface area contributed by atoms with Gasteiger partial charge in [0, 0.05) is 61.4 Å². The van der Waals surface area contributed by atoms with E-state index in [0.29, 0.717) is 16.7 Å². The fourth-order valence-corrected chi connectivity index (χ4v) is 3.77. The molecule has 1 heterocycles. The Hall–Kier alpha value is -3.29. The Balaban J connectivity index is 2.03. The van der Waals surface area contributed by atoms with Crippen LogP contribution in [0.25, 0.3) is 0 Å². The molecule has 8 heteroatoms. The van der Waals surface area contributed by atoms with Gasteiger partial charge < -0.3 is 14.6 Å². The average molecular weight is 471 g/mol. The predicted molar refractivity (Wildman–Crippen MR) is 124 cm³/mol. The van der Waals surface area contributed by atoms with Gasteiger partial charge in [-0.1, -0.05) is 29.8 Å². The predicted octanol–water partition coefficient (Wildman–Crippen LogP) is 3.65. The molecule has 0 spiro atoms. The number of carbonyl (C=O) groups is 2. The summed E-state index contributed by atoms with van der Waals surface area (Å²) in [6.07, 6.45) is 1.37. The minimum atomic E-state index is -0.692. The van der Waals surface area contributed by atoms with E-state index in [1.807, 2.05) is 0 Å². The summed E-state index contributed by atoms with van der Waals surface area (Å²) in [4.78, 5) is 38.8. The van der Waals surface area contributed by atoms with Crippen LogP contribution in [0.4, 0.5) is 4.39 Å². The maximum absolute atomic E-state index is 14.9. The number of nitrogens with zero attached hydrogens (tertiary/aromatic N) is 2. The number of ketones is 1. The molecule has 3 aromatic rings. The van der Waals surface area contributed by atoms with Crippen molar-refractivity contribution in [1.82, 2.24) is 9.47 Å². The third kappa shape index (κ3) is 5.74. The number of aliphatic hydroxyl groups is 1. The number of rotatable bonds is 8. The Kier molecular flexibility index (Phi) is 7.79. The van der Waals surface area contributed by atoms with Crippen LogP contribution in [-0.2, 0) is 7.05 Å². The van der Waals surface area contributed by atoms with Crippen LogP contribution in [0.3, 0.4) is 0 Å².